The van der Waals surface area contributed by atoms with E-state index in [2.05, 4.69) is 20.4 Å². The molecule has 0 unspecified atom stereocenters. The van der Waals surface area contributed by atoms with Crippen LogP contribution in [0.1, 0.15) is 46.0 Å². The molecule has 0 radical (unpaired) electrons. The van der Waals surface area contributed by atoms with Gasteiger partial charge in [0.1, 0.15) is 0 Å². The summed E-state index contributed by atoms with van der Waals surface area (Å²) in [5, 5.41) is 0. The smallest absolute Gasteiger partial charge is 0.231 e. The van der Waals surface area contributed by atoms with Gasteiger partial charge in [-0.15, -0.1) is 6.58 Å². The standard InChI is InChI=1S/C19H30N2O2/c1-4-10-20-11-9-19(18(20)23)13-21(12-15(19)3)17(22)16-7-5-14(2)6-8-16/h4,14-16H,1,5-13H2,2-3H3/t14?,15-,16?,19-/m1/s1. The number of amides is 2. The summed E-state index contributed by atoms with van der Waals surface area (Å²) >= 11 is 0. The Kier molecular flexibility index (Phi) is 4.52. The first-order valence-corrected chi connectivity index (χ1v) is 9.17. The maximum Gasteiger partial charge on any atom is 0.231 e. The maximum absolute atomic E-state index is 12.9. The van der Waals surface area contributed by atoms with E-state index in [9.17, 15) is 9.59 Å². The molecule has 3 aliphatic rings. The molecule has 4 heteroatoms. The van der Waals surface area contributed by atoms with Gasteiger partial charge < -0.3 is 9.80 Å². The summed E-state index contributed by atoms with van der Waals surface area (Å²) in [4.78, 5) is 29.7. The summed E-state index contributed by atoms with van der Waals surface area (Å²) < 4.78 is 0. The van der Waals surface area contributed by atoms with Gasteiger partial charge in [0, 0.05) is 32.1 Å². The van der Waals surface area contributed by atoms with Gasteiger partial charge in [0.2, 0.25) is 11.8 Å². The van der Waals surface area contributed by atoms with E-state index in [-0.39, 0.29) is 23.2 Å². The molecule has 128 valence electrons. The Labute approximate surface area is 139 Å². The summed E-state index contributed by atoms with van der Waals surface area (Å²) in [5.41, 5.74) is -0.333. The van der Waals surface area contributed by atoms with Crippen molar-refractivity contribution in [1.82, 2.24) is 9.80 Å². The van der Waals surface area contributed by atoms with Gasteiger partial charge in [0.05, 0.1) is 5.41 Å². The van der Waals surface area contributed by atoms with Gasteiger partial charge in [-0.3, -0.25) is 9.59 Å². The molecule has 0 N–H and O–H groups in total. The predicted molar refractivity (Wildman–Crippen MR) is 90.7 cm³/mol. The van der Waals surface area contributed by atoms with E-state index in [4.69, 9.17) is 0 Å². The number of carbonyl (C=O) groups is 2. The fourth-order valence-corrected chi connectivity index (χ4v) is 4.79. The summed E-state index contributed by atoms with van der Waals surface area (Å²) in [6.45, 7) is 11.0. The van der Waals surface area contributed by atoms with E-state index in [0.717, 1.165) is 51.1 Å². The lowest BCUT2D eigenvalue weighted by atomic mass is 9.77. The van der Waals surface area contributed by atoms with Crippen LogP contribution in [0.15, 0.2) is 12.7 Å². The number of likely N-dealkylation sites (tertiary alicyclic amines) is 2. The minimum atomic E-state index is -0.333. The van der Waals surface area contributed by atoms with Crippen LogP contribution < -0.4 is 0 Å². The number of rotatable bonds is 3. The zero-order chi connectivity index (χ0) is 16.6. The molecule has 2 heterocycles. The first-order chi connectivity index (χ1) is 11.0. The largest absolute Gasteiger partial charge is 0.341 e. The highest BCUT2D eigenvalue weighted by atomic mass is 16.2. The van der Waals surface area contributed by atoms with Crippen LogP contribution in [-0.4, -0.2) is 47.8 Å². The normalized spacial score (nSPS) is 37.7. The molecule has 1 aliphatic carbocycles. The van der Waals surface area contributed by atoms with E-state index < -0.39 is 0 Å². The molecular formula is C19H30N2O2. The van der Waals surface area contributed by atoms with Crippen LogP contribution in [0.5, 0.6) is 0 Å². The molecule has 2 atom stereocenters. The van der Waals surface area contributed by atoms with Gasteiger partial charge in [-0.05, 0) is 43.9 Å². The van der Waals surface area contributed by atoms with Crippen LogP contribution in [0, 0.1) is 23.2 Å². The predicted octanol–water partition coefficient (Wildman–Crippen LogP) is 2.70. The number of nitrogens with zero attached hydrogens (tertiary/aromatic N) is 2. The molecule has 0 aromatic rings. The lowest BCUT2D eigenvalue weighted by Crippen LogP contribution is -2.41. The van der Waals surface area contributed by atoms with Crippen molar-refractivity contribution in [3.05, 3.63) is 12.7 Å². The topological polar surface area (TPSA) is 40.6 Å². The molecule has 1 spiro atoms. The Morgan fingerprint density at radius 3 is 2.65 bits per heavy atom. The highest BCUT2D eigenvalue weighted by Crippen LogP contribution is 2.45. The van der Waals surface area contributed by atoms with Crippen LogP contribution in [0.2, 0.25) is 0 Å². The number of hydrogen-bond donors (Lipinski definition) is 0. The van der Waals surface area contributed by atoms with E-state index in [0.29, 0.717) is 19.0 Å². The van der Waals surface area contributed by atoms with Gasteiger partial charge in [-0.2, -0.15) is 0 Å². The molecule has 0 bridgehead atoms. The van der Waals surface area contributed by atoms with Crippen molar-refractivity contribution in [2.75, 3.05) is 26.2 Å². The van der Waals surface area contributed by atoms with Crippen molar-refractivity contribution in [2.45, 2.75) is 46.0 Å². The zero-order valence-electron chi connectivity index (χ0n) is 14.6. The first kappa shape index (κ1) is 16.5. The average molecular weight is 318 g/mol. The second-order valence-electron chi connectivity index (χ2n) is 8.02. The quantitative estimate of drug-likeness (QED) is 0.751. The Morgan fingerprint density at radius 2 is 2.00 bits per heavy atom. The molecule has 23 heavy (non-hydrogen) atoms. The van der Waals surface area contributed by atoms with Gasteiger partial charge in [-0.1, -0.05) is 19.9 Å². The first-order valence-electron chi connectivity index (χ1n) is 9.17. The molecule has 2 aliphatic heterocycles. The molecular weight excluding hydrogens is 288 g/mol. The van der Waals surface area contributed by atoms with Crippen LogP contribution in [0.3, 0.4) is 0 Å². The Hall–Kier alpha value is -1.32. The number of hydrogen-bond acceptors (Lipinski definition) is 2. The fraction of sp³-hybridized carbons (Fsp3) is 0.789. The summed E-state index contributed by atoms with van der Waals surface area (Å²) in [5.74, 6) is 1.74. The third kappa shape index (κ3) is 2.81. The van der Waals surface area contributed by atoms with Crippen LogP contribution in [0.4, 0.5) is 0 Å². The second-order valence-corrected chi connectivity index (χ2v) is 8.02. The highest BCUT2D eigenvalue weighted by Gasteiger charge is 2.55. The lowest BCUT2D eigenvalue weighted by molar-refractivity contribution is -0.138. The average Bonchev–Trinajstić information content (AvgIpc) is 3.04. The summed E-state index contributed by atoms with van der Waals surface area (Å²) in [6, 6.07) is 0. The third-order valence-electron chi connectivity index (χ3n) is 6.48. The molecule has 0 aromatic carbocycles. The molecule has 2 saturated heterocycles. The van der Waals surface area contributed by atoms with Crippen molar-refractivity contribution in [3.8, 4) is 0 Å². The van der Waals surface area contributed by atoms with Crippen LogP contribution >= 0.6 is 0 Å². The molecule has 3 rings (SSSR count). The SMILES string of the molecule is C=CCN1CC[C@]2(CN(C(=O)C3CCC(C)CC3)C[C@H]2C)C1=O. The zero-order valence-corrected chi connectivity index (χ0v) is 14.6. The van der Waals surface area contributed by atoms with Crippen molar-refractivity contribution in [2.24, 2.45) is 23.2 Å². The van der Waals surface area contributed by atoms with Crippen molar-refractivity contribution in [1.29, 1.82) is 0 Å². The Morgan fingerprint density at radius 1 is 1.30 bits per heavy atom. The molecule has 4 nitrogen and oxygen atoms in total. The molecule has 1 saturated carbocycles. The van der Waals surface area contributed by atoms with E-state index in [1.165, 1.54) is 0 Å². The highest BCUT2D eigenvalue weighted by molar-refractivity contribution is 5.88. The second kappa shape index (κ2) is 6.29. The Balaban J connectivity index is 1.68. The molecule has 3 fully saturated rings. The molecule has 0 aromatic heterocycles. The van der Waals surface area contributed by atoms with E-state index >= 15 is 0 Å². The van der Waals surface area contributed by atoms with Crippen molar-refractivity contribution >= 4 is 11.8 Å². The van der Waals surface area contributed by atoms with Gasteiger partial charge in [0.15, 0.2) is 0 Å². The van der Waals surface area contributed by atoms with Crippen LogP contribution in [0.25, 0.3) is 0 Å². The minimum Gasteiger partial charge on any atom is -0.341 e. The van der Waals surface area contributed by atoms with Gasteiger partial charge in [-0.25, -0.2) is 0 Å². The van der Waals surface area contributed by atoms with Crippen molar-refractivity contribution < 1.29 is 9.59 Å². The van der Waals surface area contributed by atoms with E-state index in [1.54, 1.807) is 6.08 Å². The third-order valence-corrected chi connectivity index (χ3v) is 6.48. The van der Waals surface area contributed by atoms with E-state index in [1.807, 2.05) is 9.80 Å². The minimum absolute atomic E-state index is 0.189. The van der Waals surface area contributed by atoms with Gasteiger partial charge in [0.25, 0.3) is 0 Å². The summed E-state index contributed by atoms with van der Waals surface area (Å²) in [7, 11) is 0. The fourth-order valence-electron chi connectivity index (χ4n) is 4.79. The summed E-state index contributed by atoms with van der Waals surface area (Å²) in [6.07, 6.45) is 7.05. The number of carbonyl (C=O) groups excluding carboxylic acids is 2. The van der Waals surface area contributed by atoms with Gasteiger partial charge >= 0.3 is 0 Å². The lowest BCUT2D eigenvalue weighted by Gasteiger charge is -2.30. The molecule has 2 amide bonds. The Bertz CT molecular complexity index is 496. The van der Waals surface area contributed by atoms with Crippen LogP contribution in [-0.2, 0) is 9.59 Å². The monoisotopic (exact) mass is 318 g/mol. The van der Waals surface area contributed by atoms with Crippen molar-refractivity contribution in [3.63, 3.8) is 0 Å². The maximum atomic E-state index is 12.9.